The van der Waals surface area contributed by atoms with Crippen molar-refractivity contribution in [3.8, 4) is 67.3 Å². The van der Waals surface area contributed by atoms with Gasteiger partial charge in [-0.1, -0.05) is 121 Å². The van der Waals surface area contributed by atoms with Crippen molar-refractivity contribution in [1.29, 1.82) is 0 Å². The predicted octanol–water partition coefficient (Wildman–Crippen LogP) is 10.5. The van der Waals surface area contributed by atoms with Gasteiger partial charge in [0.2, 0.25) is 0 Å². The molecule has 204 valence electrons. The second-order valence-electron chi connectivity index (χ2n) is 11.2. The van der Waals surface area contributed by atoms with Crippen LogP contribution in [0.15, 0.2) is 152 Å². The molecule has 0 spiro atoms. The van der Waals surface area contributed by atoms with Crippen molar-refractivity contribution in [2.24, 2.45) is 0 Å². The molecule has 0 saturated carbocycles. The van der Waals surface area contributed by atoms with E-state index in [1.54, 1.807) is 0 Å². The van der Waals surface area contributed by atoms with E-state index < -0.39 is 0 Å². The molecule has 0 fully saturated rings. The molecule has 2 heterocycles. The van der Waals surface area contributed by atoms with Gasteiger partial charge >= 0.3 is 0 Å². The van der Waals surface area contributed by atoms with Crippen molar-refractivity contribution in [2.45, 2.75) is 0 Å². The third kappa shape index (κ3) is 3.80. The van der Waals surface area contributed by atoms with Gasteiger partial charge in [0.15, 0.2) is 5.82 Å². The van der Waals surface area contributed by atoms with Gasteiger partial charge in [-0.2, -0.15) is 0 Å². The van der Waals surface area contributed by atoms with E-state index in [1.165, 1.54) is 38.4 Å². The Morgan fingerprint density at radius 2 is 0.955 bits per heavy atom. The molecule has 0 radical (unpaired) electrons. The van der Waals surface area contributed by atoms with Crippen molar-refractivity contribution in [2.75, 3.05) is 0 Å². The van der Waals surface area contributed by atoms with Gasteiger partial charge in [0.1, 0.15) is 0 Å². The summed E-state index contributed by atoms with van der Waals surface area (Å²) < 4.78 is 0. The zero-order chi connectivity index (χ0) is 29.0. The molecule has 0 amide bonds. The molecule has 8 aromatic rings. The Morgan fingerprint density at radius 1 is 0.364 bits per heavy atom. The van der Waals surface area contributed by atoms with Gasteiger partial charge in [-0.3, -0.25) is 4.98 Å². The van der Waals surface area contributed by atoms with Crippen LogP contribution < -0.4 is 0 Å². The minimum atomic E-state index is 0.724. The molecule has 44 heavy (non-hydrogen) atoms. The van der Waals surface area contributed by atoms with Gasteiger partial charge < -0.3 is 0 Å². The van der Waals surface area contributed by atoms with Crippen LogP contribution in [0.5, 0.6) is 0 Å². The van der Waals surface area contributed by atoms with Gasteiger partial charge in [0.05, 0.1) is 11.4 Å². The van der Waals surface area contributed by atoms with Crippen molar-refractivity contribution in [3.63, 3.8) is 0 Å². The first kappa shape index (κ1) is 24.6. The number of pyridine rings is 1. The fraction of sp³-hybridized carbons (Fsp3) is 0. The maximum absolute atomic E-state index is 5.31. The van der Waals surface area contributed by atoms with Gasteiger partial charge in [-0.15, -0.1) is 0 Å². The molecule has 3 nitrogen and oxygen atoms in total. The summed E-state index contributed by atoms with van der Waals surface area (Å²) in [5.74, 6) is 0.724. The highest BCUT2D eigenvalue weighted by Crippen LogP contribution is 2.49. The third-order valence-corrected chi connectivity index (χ3v) is 8.76. The van der Waals surface area contributed by atoms with E-state index in [1.807, 2.05) is 24.5 Å². The molecule has 0 unspecified atom stereocenters. The van der Waals surface area contributed by atoms with Crippen LogP contribution >= 0.6 is 0 Å². The lowest BCUT2D eigenvalue weighted by Crippen LogP contribution is -1.97. The highest BCUT2D eigenvalue weighted by atomic mass is 14.9. The molecule has 2 aromatic heterocycles. The summed E-state index contributed by atoms with van der Waals surface area (Å²) in [5, 5.41) is 4.76. The van der Waals surface area contributed by atoms with Crippen LogP contribution in [-0.4, -0.2) is 15.0 Å². The summed E-state index contributed by atoms with van der Waals surface area (Å²) >= 11 is 0. The molecule has 6 aromatic carbocycles. The maximum Gasteiger partial charge on any atom is 0.161 e. The van der Waals surface area contributed by atoms with Crippen LogP contribution in [-0.2, 0) is 0 Å². The average Bonchev–Trinajstić information content (AvgIpc) is 3.43. The molecular formula is C41H25N3. The summed E-state index contributed by atoms with van der Waals surface area (Å²) in [6, 6.07) is 49.2. The van der Waals surface area contributed by atoms with Crippen molar-refractivity contribution in [3.05, 3.63) is 152 Å². The van der Waals surface area contributed by atoms with Gasteiger partial charge in [0.25, 0.3) is 0 Å². The molecule has 9 rings (SSSR count). The number of aromatic nitrogens is 3. The van der Waals surface area contributed by atoms with Crippen molar-refractivity contribution >= 4 is 21.5 Å². The van der Waals surface area contributed by atoms with Crippen molar-refractivity contribution < 1.29 is 0 Å². The maximum atomic E-state index is 5.31. The summed E-state index contributed by atoms with van der Waals surface area (Å²) in [6.07, 6.45) is 3.73. The number of nitrogens with zero attached hydrogens (tertiary/aromatic N) is 3. The lowest BCUT2D eigenvalue weighted by atomic mass is 9.94. The van der Waals surface area contributed by atoms with E-state index in [0.717, 1.165) is 50.4 Å². The molecule has 0 bridgehead atoms. The lowest BCUT2D eigenvalue weighted by molar-refractivity contribution is 1.19. The van der Waals surface area contributed by atoms with Crippen LogP contribution in [0.3, 0.4) is 0 Å². The number of hydrogen-bond acceptors (Lipinski definition) is 3. The van der Waals surface area contributed by atoms with Crippen LogP contribution in [0.4, 0.5) is 0 Å². The number of benzene rings is 6. The van der Waals surface area contributed by atoms with Crippen molar-refractivity contribution in [1.82, 2.24) is 15.0 Å². The Morgan fingerprint density at radius 3 is 1.73 bits per heavy atom. The monoisotopic (exact) mass is 559 g/mol. The van der Waals surface area contributed by atoms with E-state index in [2.05, 4.69) is 132 Å². The first-order valence-corrected chi connectivity index (χ1v) is 14.9. The topological polar surface area (TPSA) is 38.7 Å². The van der Waals surface area contributed by atoms with Crippen LogP contribution in [0.25, 0.3) is 88.8 Å². The fourth-order valence-corrected chi connectivity index (χ4v) is 6.77. The molecule has 3 heteroatoms. The van der Waals surface area contributed by atoms with E-state index in [9.17, 15) is 0 Å². The second kappa shape index (κ2) is 9.82. The van der Waals surface area contributed by atoms with Crippen LogP contribution in [0.1, 0.15) is 0 Å². The van der Waals surface area contributed by atoms with Gasteiger partial charge in [-0.25, -0.2) is 9.97 Å². The Bertz CT molecular complexity index is 2350. The van der Waals surface area contributed by atoms with E-state index >= 15 is 0 Å². The first-order valence-electron chi connectivity index (χ1n) is 14.9. The summed E-state index contributed by atoms with van der Waals surface area (Å²) in [6.45, 7) is 0. The Balaban J connectivity index is 1.30. The predicted molar refractivity (Wildman–Crippen MR) is 181 cm³/mol. The van der Waals surface area contributed by atoms with E-state index in [0.29, 0.717) is 0 Å². The molecule has 1 aliphatic rings. The largest absolute Gasteiger partial charge is 0.264 e. The Hall–Kier alpha value is -5.93. The molecule has 0 aliphatic heterocycles. The molecule has 0 atom stereocenters. The van der Waals surface area contributed by atoms with Gasteiger partial charge in [0, 0.05) is 34.6 Å². The normalized spacial score (nSPS) is 11.6. The fourth-order valence-electron chi connectivity index (χ4n) is 6.77. The average molecular weight is 560 g/mol. The summed E-state index contributed by atoms with van der Waals surface area (Å²) in [5.41, 5.74) is 12.3. The highest BCUT2D eigenvalue weighted by Gasteiger charge is 2.23. The zero-order valence-corrected chi connectivity index (χ0v) is 23.8. The first-order chi connectivity index (χ1) is 21.8. The minimum absolute atomic E-state index is 0.724. The number of fused-ring (bicyclic) bond motifs is 4. The van der Waals surface area contributed by atoms with E-state index in [4.69, 9.17) is 9.97 Å². The van der Waals surface area contributed by atoms with Crippen LogP contribution in [0.2, 0.25) is 0 Å². The van der Waals surface area contributed by atoms with Crippen LogP contribution in [0, 0.1) is 0 Å². The molecule has 0 saturated heterocycles. The summed E-state index contributed by atoms with van der Waals surface area (Å²) in [4.78, 5) is 14.9. The highest BCUT2D eigenvalue weighted by molar-refractivity contribution is 6.18. The molecule has 0 N–H and O–H groups in total. The summed E-state index contributed by atoms with van der Waals surface area (Å²) in [7, 11) is 0. The Kier molecular flexibility index (Phi) is 5.50. The zero-order valence-electron chi connectivity index (χ0n) is 23.8. The smallest absolute Gasteiger partial charge is 0.161 e. The molecular weight excluding hydrogens is 534 g/mol. The number of rotatable bonds is 4. The third-order valence-electron chi connectivity index (χ3n) is 8.76. The van der Waals surface area contributed by atoms with E-state index in [-0.39, 0.29) is 0 Å². The second-order valence-corrected chi connectivity index (χ2v) is 11.2. The number of hydrogen-bond donors (Lipinski definition) is 0. The lowest BCUT2D eigenvalue weighted by Gasteiger charge is -2.14. The standard InChI is InChI=1S/C41H25N3/c1-2-10-26(11-3-1)38-24-39(33-18-7-16-29-28(15-6-17-30(29)33)27-12-9-23-42-25-27)44-41(43-38)37-22-21-36-32-14-5-4-13-31(32)34-19-8-20-35(37)40(34)36/h1-25H. The van der Waals surface area contributed by atoms with Gasteiger partial charge in [-0.05, 0) is 67.6 Å². The SMILES string of the molecule is c1ccc(-c2cc(-c3cccc4c(-c5cccnc5)cccc34)nc(-c3ccc4c5c(cccc35)-c3ccccc3-4)n2)cc1. The minimum Gasteiger partial charge on any atom is -0.264 e. The molecule has 1 aliphatic carbocycles. The Labute approximate surface area is 255 Å². The quantitative estimate of drug-likeness (QED) is 0.215.